The number of hydrogen-bond acceptors (Lipinski definition) is 5. The molecular formula is C32H33N7. The molecule has 0 spiro atoms. The van der Waals surface area contributed by atoms with E-state index in [9.17, 15) is 0 Å². The molecule has 4 heterocycles. The van der Waals surface area contributed by atoms with Crippen LogP contribution in [0.3, 0.4) is 0 Å². The van der Waals surface area contributed by atoms with Gasteiger partial charge in [0.15, 0.2) is 0 Å². The Kier molecular flexibility index (Phi) is 5.76. The van der Waals surface area contributed by atoms with E-state index in [4.69, 9.17) is 16.5 Å². The minimum absolute atomic E-state index is 0.190. The van der Waals surface area contributed by atoms with Crippen molar-refractivity contribution < 1.29 is 0 Å². The lowest BCUT2D eigenvalue weighted by Gasteiger charge is -2.30. The number of nitrogens with zero attached hydrogens (tertiary/aromatic N) is 3. The molecule has 6 N–H and O–H groups in total. The molecule has 2 atom stereocenters. The number of aromatic nitrogens is 3. The molecule has 1 saturated heterocycles. The Labute approximate surface area is 228 Å². The molecule has 0 bridgehead atoms. The molecule has 5 aromatic rings. The van der Waals surface area contributed by atoms with Crippen LogP contribution in [0.1, 0.15) is 47.4 Å². The highest BCUT2D eigenvalue weighted by molar-refractivity contribution is 5.91. The molecule has 0 aliphatic carbocycles. The molecule has 0 radical (unpaired) electrons. The SMILES string of the molecule is CNN1CCCC1c1ncc(-c2ccc3c(c2)CC(c2ccccc2)n2c-3cc3cc(/C(N)=C/N)ccc32)[nH]1. The highest BCUT2D eigenvalue weighted by Gasteiger charge is 2.29. The average molecular weight is 516 g/mol. The third-order valence-electron chi connectivity index (χ3n) is 8.40. The van der Waals surface area contributed by atoms with Crippen LogP contribution in [0, 0.1) is 0 Å². The number of imidazole rings is 1. The second-order valence-electron chi connectivity index (χ2n) is 10.6. The van der Waals surface area contributed by atoms with Crippen LogP contribution in [0.15, 0.2) is 85.2 Å². The van der Waals surface area contributed by atoms with Crippen molar-refractivity contribution in [2.24, 2.45) is 11.5 Å². The Morgan fingerprint density at radius 3 is 2.74 bits per heavy atom. The number of nitrogens with one attached hydrogen (secondary N) is 2. The van der Waals surface area contributed by atoms with E-state index in [0.717, 1.165) is 41.9 Å². The molecule has 3 aromatic carbocycles. The van der Waals surface area contributed by atoms with Crippen LogP contribution < -0.4 is 16.9 Å². The second kappa shape index (κ2) is 9.45. The van der Waals surface area contributed by atoms with Gasteiger partial charge in [0.2, 0.25) is 0 Å². The zero-order valence-corrected chi connectivity index (χ0v) is 22.1. The van der Waals surface area contributed by atoms with E-state index in [2.05, 4.69) is 92.8 Å². The number of nitrogens with two attached hydrogens (primary N) is 2. The Morgan fingerprint density at radius 1 is 1.05 bits per heavy atom. The van der Waals surface area contributed by atoms with Crippen molar-refractivity contribution in [3.05, 3.63) is 108 Å². The first kappa shape index (κ1) is 23.8. The van der Waals surface area contributed by atoms with Crippen molar-refractivity contribution in [2.45, 2.75) is 31.3 Å². The van der Waals surface area contributed by atoms with E-state index < -0.39 is 0 Å². The molecule has 2 aliphatic heterocycles. The van der Waals surface area contributed by atoms with Crippen LogP contribution in [0.4, 0.5) is 0 Å². The number of H-pyrrole nitrogens is 1. The van der Waals surface area contributed by atoms with Crippen molar-refractivity contribution in [3.8, 4) is 22.5 Å². The largest absolute Gasteiger partial charge is 0.403 e. The summed E-state index contributed by atoms with van der Waals surface area (Å²) >= 11 is 0. The van der Waals surface area contributed by atoms with Crippen LogP contribution in [0.5, 0.6) is 0 Å². The molecule has 2 unspecified atom stereocenters. The summed E-state index contributed by atoms with van der Waals surface area (Å²) in [6.45, 7) is 1.04. The molecule has 1 fully saturated rings. The Bertz CT molecular complexity index is 1690. The smallest absolute Gasteiger partial charge is 0.125 e. The molecule has 0 amide bonds. The molecule has 7 rings (SSSR count). The fourth-order valence-corrected chi connectivity index (χ4v) is 6.45. The number of benzene rings is 3. The van der Waals surface area contributed by atoms with Gasteiger partial charge in [0, 0.05) is 34.9 Å². The van der Waals surface area contributed by atoms with E-state index in [0.29, 0.717) is 5.70 Å². The van der Waals surface area contributed by atoms with Gasteiger partial charge in [-0.1, -0.05) is 48.5 Å². The lowest BCUT2D eigenvalue weighted by Crippen LogP contribution is -2.34. The van der Waals surface area contributed by atoms with Gasteiger partial charge in [-0.2, -0.15) is 0 Å². The van der Waals surface area contributed by atoms with Crippen molar-refractivity contribution in [3.63, 3.8) is 0 Å². The van der Waals surface area contributed by atoms with E-state index in [-0.39, 0.29) is 12.1 Å². The van der Waals surface area contributed by atoms with Crippen molar-refractivity contribution in [2.75, 3.05) is 13.6 Å². The monoisotopic (exact) mass is 515 g/mol. The van der Waals surface area contributed by atoms with Gasteiger partial charge in [-0.3, -0.25) is 5.43 Å². The van der Waals surface area contributed by atoms with Crippen LogP contribution in [-0.4, -0.2) is 33.1 Å². The van der Waals surface area contributed by atoms with E-state index in [1.54, 1.807) is 0 Å². The fraction of sp³-hybridized carbons (Fsp3) is 0.219. The molecule has 7 heteroatoms. The predicted molar refractivity (Wildman–Crippen MR) is 157 cm³/mol. The lowest BCUT2D eigenvalue weighted by molar-refractivity contribution is 0.185. The quantitative estimate of drug-likeness (QED) is 0.253. The highest BCUT2D eigenvalue weighted by atomic mass is 15.5. The normalized spacial score (nSPS) is 19.4. The molecule has 2 aliphatic rings. The predicted octanol–water partition coefficient (Wildman–Crippen LogP) is 5.33. The van der Waals surface area contributed by atoms with Gasteiger partial charge < -0.3 is 21.0 Å². The second-order valence-corrected chi connectivity index (χ2v) is 10.6. The Balaban J connectivity index is 1.33. The summed E-state index contributed by atoms with van der Waals surface area (Å²) in [6, 6.07) is 26.7. The first-order valence-electron chi connectivity index (χ1n) is 13.6. The molecule has 2 aromatic heterocycles. The molecule has 0 saturated carbocycles. The lowest BCUT2D eigenvalue weighted by atomic mass is 9.88. The number of rotatable bonds is 5. The van der Waals surface area contributed by atoms with Crippen LogP contribution >= 0.6 is 0 Å². The average Bonchev–Trinajstić information content (AvgIpc) is 3.74. The van der Waals surface area contributed by atoms with Gasteiger partial charge >= 0.3 is 0 Å². The van der Waals surface area contributed by atoms with Gasteiger partial charge in [-0.05, 0) is 72.8 Å². The maximum Gasteiger partial charge on any atom is 0.125 e. The third-order valence-corrected chi connectivity index (χ3v) is 8.40. The summed E-state index contributed by atoms with van der Waals surface area (Å²) in [5.74, 6) is 1.03. The van der Waals surface area contributed by atoms with Gasteiger partial charge in [0.25, 0.3) is 0 Å². The number of fused-ring (bicyclic) bond motifs is 5. The summed E-state index contributed by atoms with van der Waals surface area (Å²) < 4.78 is 2.49. The van der Waals surface area contributed by atoms with Gasteiger partial charge in [-0.25, -0.2) is 9.99 Å². The molecule has 7 nitrogen and oxygen atoms in total. The van der Waals surface area contributed by atoms with Crippen LogP contribution in [0.2, 0.25) is 0 Å². The minimum Gasteiger partial charge on any atom is -0.403 e. The zero-order chi connectivity index (χ0) is 26.5. The summed E-state index contributed by atoms with van der Waals surface area (Å²) in [5, 5.41) is 3.43. The highest BCUT2D eigenvalue weighted by Crippen LogP contribution is 2.43. The van der Waals surface area contributed by atoms with Gasteiger partial charge in [-0.15, -0.1) is 0 Å². The first-order chi connectivity index (χ1) is 19.1. The number of aromatic amines is 1. The van der Waals surface area contributed by atoms with Crippen LogP contribution in [0.25, 0.3) is 39.1 Å². The summed E-state index contributed by atoms with van der Waals surface area (Å²) in [7, 11) is 1.98. The zero-order valence-electron chi connectivity index (χ0n) is 22.1. The van der Waals surface area contributed by atoms with E-state index in [1.807, 2.05) is 13.2 Å². The number of hydrazine groups is 1. The summed E-state index contributed by atoms with van der Waals surface area (Å²) in [6.07, 6.45) is 6.63. The summed E-state index contributed by atoms with van der Waals surface area (Å²) in [5.41, 5.74) is 25.3. The van der Waals surface area contributed by atoms with E-state index in [1.165, 1.54) is 46.1 Å². The molecule has 39 heavy (non-hydrogen) atoms. The number of hydrogen-bond donors (Lipinski definition) is 4. The maximum atomic E-state index is 6.15. The van der Waals surface area contributed by atoms with Crippen molar-refractivity contribution in [1.82, 2.24) is 25.0 Å². The van der Waals surface area contributed by atoms with Gasteiger partial charge in [0.1, 0.15) is 5.82 Å². The van der Waals surface area contributed by atoms with Crippen molar-refractivity contribution >= 4 is 16.6 Å². The topological polar surface area (TPSA) is 101 Å². The van der Waals surface area contributed by atoms with Gasteiger partial charge in [0.05, 0.1) is 29.7 Å². The fourth-order valence-electron chi connectivity index (χ4n) is 6.45. The van der Waals surface area contributed by atoms with Crippen molar-refractivity contribution in [1.29, 1.82) is 0 Å². The standard InChI is InChI=1S/C32H33N7/c1-35-38-13-5-8-29(38)32-36-19-27(37-32)22-9-11-25-23(15-22)16-30(20-6-3-2-4-7-20)39-28-12-10-21(26(34)18-33)14-24(28)17-31(25)39/h2-4,6-7,9-12,14-15,17-19,29-30,35H,5,8,13,16,33-34H2,1H3,(H,36,37)/b26-18-. The Hall–Kier alpha value is -4.33. The first-order valence-corrected chi connectivity index (χ1v) is 13.6. The molecule has 196 valence electrons. The molecular weight excluding hydrogens is 482 g/mol. The Morgan fingerprint density at radius 2 is 1.92 bits per heavy atom. The third kappa shape index (κ3) is 3.93. The van der Waals surface area contributed by atoms with Crippen LogP contribution in [-0.2, 0) is 6.42 Å². The minimum atomic E-state index is 0.190. The maximum absolute atomic E-state index is 6.15. The summed E-state index contributed by atoms with van der Waals surface area (Å²) in [4.78, 5) is 8.40. The van der Waals surface area contributed by atoms with E-state index >= 15 is 0 Å².